The Balaban J connectivity index is 3.34. The number of nitrogens with one attached hydrogen (secondary N) is 3. The van der Waals surface area contributed by atoms with E-state index in [9.17, 15) is 39.6 Å². The maximum atomic E-state index is 11.5. The summed E-state index contributed by atoms with van der Waals surface area (Å²) >= 11 is 0. The van der Waals surface area contributed by atoms with Crippen molar-refractivity contribution < 1.29 is 39.6 Å². The lowest BCUT2D eigenvalue weighted by Gasteiger charge is -2.43. The number of carboxylic acid groups (broad SMARTS) is 4. The standard InChI is InChI=1S/C16H28N4O8/c21-12(22)6-11-4-2-1-3-5-17-18-19-20(10-15(27)28)16(7-11,8-13(23)24)9-14(25)26/h11,17-19H,1-10H2,(H,21,22)(H,23,24)(H,25,26)(H,27,28). The number of rotatable bonds is 8. The molecule has 0 radical (unpaired) electrons. The number of carboxylic acids is 4. The van der Waals surface area contributed by atoms with Gasteiger partial charge < -0.3 is 20.4 Å². The number of hydrogen-bond acceptors (Lipinski definition) is 8. The predicted molar refractivity (Wildman–Crippen MR) is 94.7 cm³/mol. The Kier molecular flexibility index (Phi) is 9.79. The van der Waals surface area contributed by atoms with E-state index >= 15 is 0 Å². The fraction of sp³-hybridized carbons (Fsp3) is 0.750. The van der Waals surface area contributed by atoms with Crippen LogP contribution in [0.4, 0.5) is 0 Å². The molecular weight excluding hydrogens is 376 g/mol. The monoisotopic (exact) mass is 404 g/mol. The maximum absolute atomic E-state index is 11.5. The highest BCUT2D eigenvalue weighted by Crippen LogP contribution is 2.34. The van der Waals surface area contributed by atoms with E-state index in [-0.39, 0.29) is 12.8 Å². The van der Waals surface area contributed by atoms with Crippen LogP contribution in [0.25, 0.3) is 0 Å². The van der Waals surface area contributed by atoms with Gasteiger partial charge in [0.25, 0.3) is 0 Å². The van der Waals surface area contributed by atoms with Gasteiger partial charge in [0.2, 0.25) is 0 Å². The predicted octanol–water partition coefficient (Wildman–Crippen LogP) is -0.370. The molecule has 0 aromatic heterocycles. The molecule has 12 nitrogen and oxygen atoms in total. The second kappa shape index (κ2) is 11.5. The van der Waals surface area contributed by atoms with E-state index in [2.05, 4.69) is 16.5 Å². The van der Waals surface area contributed by atoms with E-state index in [1.54, 1.807) is 0 Å². The third-order valence-corrected chi connectivity index (χ3v) is 4.65. The Morgan fingerprint density at radius 3 is 2.07 bits per heavy atom. The van der Waals surface area contributed by atoms with Crippen LogP contribution in [-0.4, -0.2) is 67.9 Å². The van der Waals surface area contributed by atoms with Gasteiger partial charge in [-0.05, 0) is 25.2 Å². The number of hydrogen-bond donors (Lipinski definition) is 7. The van der Waals surface area contributed by atoms with Gasteiger partial charge in [-0.3, -0.25) is 19.2 Å². The molecule has 0 aromatic rings. The Labute approximate surface area is 161 Å². The van der Waals surface area contributed by atoms with E-state index in [0.717, 1.165) is 17.9 Å². The smallest absolute Gasteiger partial charge is 0.319 e. The SMILES string of the molecule is O=C(O)CC1CCCCCNNNN(CC(=O)O)C(CC(=O)O)(CC(=O)O)C1. The first kappa shape index (κ1) is 23.8. The van der Waals surface area contributed by atoms with Crippen molar-refractivity contribution in [3.63, 3.8) is 0 Å². The zero-order chi connectivity index (χ0) is 21.2. The topological polar surface area (TPSA) is 189 Å². The second-order valence-corrected chi connectivity index (χ2v) is 7.03. The normalized spacial score (nSPS) is 21.8. The van der Waals surface area contributed by atoms with Crippen molar-refractivity contribution in [2.45, 2.75) is 56.9 Å². The van der Waals surface area contributed by atoms with Crippen molar-refractivity contribution in [1.82, 2.24) is 21.5 Å². The highest BCUT2D eigenvalue weighted by molar-refractivity contribution is 5.74. The summed E-state index contributed by atoms with van der Waals surface area (Å²) in [4.78, 5) is 45.7. The molecule has 12 heteroatoms. The molecule has 0 spiro atoms. The van der Waals surface area contributed by atoms with Crippen LogP contribution in [0, 0.1) is 5.92 Å². The highest BCUT2D eigenvalue weighted by Gasteiger charge is 2.44. The molecule has 7 N–H and O–H groups in total. The van der Waals surface area contributed by atoms with E-state index < -0.39 is 54.7 Å². The van der Waals surface area contributed by atoms with E-state index in [1.807, 2.05) is 0 Å². The second-order valence-electron chi connectivity index (χ2n) is 7.03. The van der Waals surface area contributed by atoms with Crippen LogP contribution in [-0.2, 0) is 19.2 Å². The van der Waals surface area contributed by atoms with Crippen molar-refractivity contribution in [3.05, 3.63) is 0 Å². The third kappa shape index (κ3) is 8.61. The van der Waals surface area contributed by atoms with Gasteiger partial charge in [-0.1, -0.05) is 12.8 Å². The molecule has 0 aromatic carbocycles. The summed E-state index contributed by atoms with van der Waals surface area (Å²) in [6.07, 6.45) is 1.09. The van der Waals surface area contributed by atoms with Gasteiger partial charge in [-0.2, -0.15) is 11.1 Å². The number of nitrogens with zero attached hydrogens (tertiary/aromatic N) is 1. The Bertz CT molecular complexity index is 555. The van der Waals surface area contributed by atoms with E-state index in [0.29, 0.717) is 19.4 Å². The first-order valence-corrected chi connectivity index (χ1v) is 9.03. The van der Waals surface area contributed by atoms with E-state index in [4.69, 9.17) is 0 Å². The molecule has 28 heavy (non-hydrogen) atoms. The molecular formula is C16H28N4O8. The molecule has 1 aliphatic heterocycles. The molecule has 0 aliphatic carbocycles. The molecule has 1 aliphatic rings. The summed E-state index contributed by atoms with van der Waals surface area (Å²) < 4.78 is 0. The van der Waals surface area contributed by atoms with Crippen LogP contribution in [0.5, 0.6) is 0 Å². The Hall–Kier alpha value is -2.28. The summed E-state index contributed by atoms with van der Waals surface area (Å²) in [6, 6.07) is 0. The van der Waals surface area contributed by atoms with Gasteiger partial charge in [0.05, 0.1) is 18.4 Å². The first-order valence-electron chi connectivity index (χ1n) is 9.03. The van der Waals surface area contributed by atoms with Crippen LogP contribution in [0.1, 0.15) is 51.4 Å². The minimum absolute atomic E-state index is 0.0974. The van der Waals surface area contributed by atoms with Gasteiger partial charge in [-0.15, -0.1) is 0 Å². The quantitative estimate of drug-likeness (QED) is 0.278. The first-order chi connectivity index (χ1) is 13.1. The third-order valence-electron chi connectivity index (χ3n) is 4.65. The molecule has 0 saturated carbocycles. The van der Waals surface area contributed by atoms with Gasteiger partial charge >= 0.3 is 23.9 Å². The molecule has 1 heterocycles. The summed E-state index contributed by atoms with van der Waals surface area (Å²) in [5.41, 5.74) is 6.30. The van der Waals surface area contributed by atoms with Crippen molar-refractivity contribution in [2.75, 3.05) is 13.1 Å². The summed E-state index contributed by atoms with van der Waals surface area (Å²) in [5.74, 6) is -5.49. The summed E-state index contributed by atoms with van der Waals surface area (Å²) in [5, 5.41) is 38.3. The zero-order valence-corrected chi connectivity index (χ0v) is 15.5. The molecule has 1 fully saturated rings. The van der Waals surface area contributed by atoms with Crippen molar-refractivity contribution in [3.8, 4) is 0 Å². The molecule has 0 bridgehead atoms. The molecule has 1 rings (SSSR count). The average molecular weight is 404 g/mol. The number of carbonyl (C=O) groups is 4. The zero-order valence-electron chi connectivity index (χ0n) is 15.5. The molecule has 1 atom stereocenters. The fourth-order valence-corrected chi connectivity index (χ4v) is 3.59. The molecule has 1 unspecified atom stereocenters. The van der Waals surface area contributed by atoms with Gasteiger partial charge in [0.15, 0.2) is 0 Å². The van der Waals surface area contributed by atoms with Gasteiger partial charge in [0.1, 0.15) is 6.54 Å². The lowest BCUT2D eigenvalue weighted by atomic mass is 9.78. The fourth-order valence-electron chi connectivity index (χ4n) is 3.59. The summed E-state index contributed by atoms with van der Waals surface area (Å²) in [6.45, 7) is -0.155. The Morgan fingerprint density at radius 2 is 1.54 bits per heavy atom. The van der Waals surface area contributed by atoms with Crippen LogP contribution >= 0.6 is 0 Å². The molecule has 1 saturated heterocycles. The lowest BCUT2D eigenvalue weighted by molar-refractivity contribution is -0.156. The van der Waals surface area contributed by atoms with Crippen molar-refractivity contribution in [2.24, 2.45) is 5.92 Å². The average Bonchev–Trinajstić information content (AvgIpc) is 2.52. The summed E-state index contributed by atoms with van der Waals surface area (Å²) in [7, 11) is 0. The highest BCUT2D eigenvalue weighted by atomic mass is 16.4. The van der Waals surface area contributed by atoms with Crippen LogP contribution in [0.3, 0.4) is 0 Å². The molecule has 160 valence electrons. The Morgan fingerprint density at radius 1 is 0.893 bits per heavy atom. The van der Waals surface area contributed by atoms with E-state index in [1.165, 1.54) is 0 Å². The minimum atomic E-state index is -1.65. The largest absolute Gasteiger partial charge is 0.481 e. The van der Waals surface area contributed by atoms with Gasteiger partial charge in [0, 0.05) is 13.0 Å². The van der Waals surface area contributed by atoms with Crippen LogP contribution in [0.15, 0.2) is 0 Å². The maximum Gasteiger partial charge on any atom is 0.319 e. The van der Waals surface area contributed by atoms with Crippen LogP contribution < -0.4 is 16.5 Å². The van der Waals surface area contributed by atoms with Crippen LogP contribution in [0.2, 0.25) is 0 Å². The van der Waals surface area contributed by atoms with Gasteiger partial charge in [-0.25, -0.2) is 10.4 Å². The minimum Gasteiger partial charge on any atom is -0.481 e. The van der Waals surface area contributed by atoms with Crippen molar-refractivity contribution in [1.29, 1.82) is 0 Å². The van der Waals surface area contributed by atoms with Crippen molar-refractivity contribution >= 4 is 23.9 Å². The molecule has 0 amide bonds. The number of hydrazine groups is 3. The number of aliphatic carboxylic acids is 4. The lowest BCUT2D eigenvalue weighted by Crippen LogP contribution is -2.65.